The molecule has 0 fully saturated rings. The summed E-state index contributed by atoms with van der Waals surface area (Å²) in [5.41, 5.74) is 3.37. The van der Waals surface area contributed by atoms with Gasteiger partial charge in [-0.3, -0.25) is 0 Å². The van der Waals surface area contributed by atoms with Gasteiger partial charge in [0.05, 0.1) is 18.0 Å². The Kier molecular flexibility index (Phi) is 4.25. The first-order valence-corrected chi connectivity index (χ1v) is 10.2. The van der Waals surface area contributed by atoms with Gasteiger partial charge in [-0.25, -0.2) is 13.1 Å². The number of aromatic nitrogens is 1. The number of sulfonamides is 1. The summed E-state index contributed by atoms with van der Waals surface area (Å²) in [6, 6.07) is 14.3. The lowest BCUT2D eigenvalue weighted by molar-refractivity contribution is 0.415. The zero-order valence-corrected chi connectivity index (χ0v) is 15.7. The van der Waals surface area contributed by atoms with E-state index in [9.17, 15) is 8.42 Å². The zero-order valence-electron chi connectivity index (χ0n) is 14.9. The van der Waals surface area contributed by atoms with E-state index in [0.29, 0.717) is 4.90 Å². The molecule has 1 aromatic heterocycles. The van der Waals surface area contributed by atoms with Crippen LogP contribution in [-0.4, -0.2) is 20.1 Å². The number of benzene rings is 2. The van der Waals surface area contributed by atoms with Crippen molar-refractivity contribution in [1.82, 2.24) is 9.29 Å². The van der Waals surface area contributed by atoms with Gasteiger partial charge in [0, 0.05) is 23.6 Å². The van der Waals surface area contributed by atoms with E-state index < -0.39 is 10.0 Å². The first-order chi connectivity index (χ1) is 12.5. The van der Waals surface area contributed by atoms with Gasteiger partial charge in [-0.05, 0) is 55.2 Å². The van der Waals surface area contributed by atoms with Gasteiger partial charge < -0.3 is 9.30 Å². The van der Waals surface area contributed by atoms with Crippen molar-refractivity contribution in [2.45, 2.75) is 30.2 Å². The molecule has 1 aliphatic rings. The molecule has 2 aromatic carbocycles. The van der Waals surface area contributed by atoms with Crippen LogP contribution in [-0.2, 0) is 23.5 Å². The summed E-state index contributed by atoms with van der Waals surface area (Å²) in [5, 5.41) is 1.14. The quantitative estimate of drug-likeness (QED) is 0.764. The third kappa shape index (κ3) is 2.79. The number of hydrogen-bond acceptors (Lipinski definition) is 3. The lowest BCUT2D eigenvalue weighted by atomic mass is 9.92. The molecule has 0 radical (unpaired) electrons. The molecule has 6 heteroatoms. The van der Waals surface area contributed by atoms with E-state index in [2.05, 4.69) is 9.29 Å². The SMILES string of the molecule is COc1ccc2c(c1)c1c(n2C)C(NS(=O)(=O)c2ccccc2)CCC1. The molecule has 26 heavy (non-hydrogen) atoms. The fourth-order valence-corrected chi connectivity index (χ4v) is 5.20. The minimum Gasteiger partial charge on any atom is -0.497 e. The van der Waals surface area contributed by atoms with Crippen molar-refractivity contribution < 1.29 is 13.2 Å². The number of rotatable bonds is 4. The van der Waals surface area contributed by atoms with Gasteiger partial charge in [0.2, 0.25) is 10.0 Å². The Morgan fingerprint density at radius 2 is 1.92 bits per heavy atom. The molecule has 3 aromatic rings. The molecule has 0 aliphatic heterocycles. The van der Waals surface area contributed by atoms with E-state index >= 15 is 0 Å². The van der Waals surface area contributed by atoms with Gasteiger partial charge in [0.1, 0.15) is 5.75 Å². The van der Waals surface area contributed by atoms with Crippen LogP contribution < -0.4 is 9.46 Å². The third-order valence-corrected chi connectivity index (χ3v) is 6.65. The van der Waals surface area contributed by atoms with Crippen LogP contribution in [0.15, 0.2) is 53.4 Å². The van der Waals surface area contributed by atoms with Crippen LogP contribution in [0.3, 0.4) is 0 Å². The Balaban J connectivity index is 1.78. The fourth-order valence-electron chi connectivity index (χ4n) is 3.94. The highest BCUT2D eigenvalue weighted by atomic mass is 32.2. The number of ether oxygens (including phenoxy) is 1. The number of hydrogen-bond donors (Lipinski definition) is 1. The lowest BCUT2D eigenvalue weighted by Crippen LogP contribution is -2.32. The van der Waals surface area contributed by atoms with Crippen molar-refractivity contribution in [1.29, 1.82) is 0 Å². The standard InChI is InChI=1S/C20H22N2O3S/c1-22-19-12-11-14(25-2)13-17(19)16-9-6-10-18(20(16)22)21-26(23,24)15-7-4-3-5-8-15/h3-5,7-8,11-13,18,21H,6,9-10H2,1-2H3. The topological polar surface area (TPSA) is 60.3 Å². The Morgan fingerprint density at radius 1 is 1.15 bits per heavy atom. The van der Waals surface area contributed by atoms with Crippen molar-refractivity contribution in [2.75, 3.05) is 7.11 Å². The van der Waals surface area contributed by atoms with E-state index in [0.717, 1.165) is 41.6 Å². The van der Waals surface area contributed by atoms with Crippen LogP contribution >= 0.6 is 0 Å². The van der Waals surface area contributed by atoms with Crippen LogP contribution in [0.4, 0.5) is 0 Å². The van der Waals surface area contributed by atoms with E-state index in [1.165, 1.54) is 5.56 Å². The molecule has 1 heterocycles. The Hall–Kier alpha value is -2.31. The highest BCUT2D eigenvalue weighted by Gasteiger charge is 2.30. The monoisotopic (exact) mass is 370 g/mol. The van der Waals surface area contributed by atoms with Gasteiger partial charge in [0.15, 0.2) is 0 Å². The molecule has 1 atom stereocenters. The van der Waals surface area contributed by atoms with E-state index in [1.54, 1.807) is 31.4 Å². The molecule has 1 N–H and O–H groups in total. The molecule has 0 saturated heterocycles. The average molecular weight is 370 g/mol. The summed E-state index contributed by atoms with van der Waals surface area (Å²) in [4.78, 5) is 0.299. The summed E-state index contributed by atoms with van der Waals surface area (Å²) in [5.74, 6) is 0.817. The van der Waals surface area contributed by atoms with Crippen LogP contribution in [0.5, 0.6) is 5.75 Å². The van der Waals surface area contributed by atoms with Gasteiger partial charge in [-0.15, -0.1) is 0 Å². The molecule has 0 bridgehead atoms. The molecular weight excluding hydrogens is 348 g/mol. The van der Waals surface area contributed by atoms with Crippen LogP contribution in [0.2, 0.25) is 0 Å². The maximum Gasteiger partial charge on any atom is 0.241 e. The number of methoxy groups -OCH3 is 1. The molecular formula is C20H22N2O3S. The minimum atomic E-state index is -3.56. The predicted molar refractivity (Wildman–Crippen MR) is 102 cm³/mol. The largest absolute Gasteiger partial charge is 0.497 e. The molecule has 0 amide bonds. The fraction of sp³-hybridized carbons (Fsp3) is 0.300. The van der Waals surface area contributed by atoms with Gasteiger partial charge >= 0.3 is 0 Å². The van der Waals surface area contributed by atoms with Crippen LogP contribution in [0.25, 0.3) is 10.9 Å². The molecule has 1 unspecified atom stereocenters. The lowest BCUT2D eigenvalue weighted by Gasteiger charge is -2.25. The number of fused-ring (bicyclic) bond motifs is 3. The summed E-state index contributed by atoms with van der Waals surface area (Å²) in [7, 11) is 0.105. The smallest absolute Gasteiger partial charge is 0.241 e. The van der Waals surface area contributed by atoms with E-state index in [-0.39, 0.29) is 6.04 Å². The second-order valence-corrected chi connectivity index (χ2v) is 8.40. The molecule has 5 nitrogen and oxygen atoms in total. The number of aryl methyl sites for hydroxylation is 2. The van der Waals surface area contributed by atoms with Gasteiger partial charge in [0.25, 0.3) is 0 Å². The average Bonchev–Trinajstić information content (AvgIpc) is 2.95. The molecule has 1 aliphatic carbocycles. The van der Waals surface area contributed by atoms with E-state index in [4.69, 9.17) is 4.74 Å². The highest BCUT2D eigenvalue weighted by Crippen LogP contribution is 2.38. The zero-order chi connectivity index (χ0) is 18.3. The van der Waals surface area contributed by atoms with Crippen LogP contribution in [0, 0.1) is 0 Å². The van der Waals surface area contributed by atoms with Crippen molar-refractivity contribution >= 4 is 20.9 Å². The molecule has 0 saturated carbocycles. The highest BCUT2D eigenvalue weighted by molar-refractivity contribution is 7.89. The maximum atomic E-state index is 12.8. The maximum absolute atomic E-state index is 12.8. The predicted octanol–water partition coefficient (Wildman–Crippen LogP) is 3.54. The first kappa shape index (κ1) is 17.1. The van der Waals surface area contributed by atoms with Crippen LogP contribution in [0.1, 0.15) is 30.1 Å². The number of nitrogens with one attached hydrogen (secondary N) is 1. The Bertz CT molecular complexity index is 1060. The van der Waals surface area contributed by atoms with Crippen molar-refractivity contribution in [3.05, 3.63) is 59.8 Å². The van der Waals surface area contributed by atoms with Gasteiger partial charge in [-0.1, -0.05) is 18.2 Å². The third-order valence-electron chi connectivity index (χ3n) is 5.16. The van der Waals surface area contributed by atoms with Crippen molar-refractivity contribution in [3.63, 3.8) is 0 Å². The summed E-state index contributed by atoms with van der Waals surface area (Å²) < 4.78 is 36.0. The first-order valence-electron chi connectivity index (χ1n) is 8.74. The second-order valence-electron chi connectivity index (χ2n) is 6.69. The van der Waals surface area contributed by atoms with Crippen molar-refractivity contribution in [2.24, 2.45) is 7.05 Å². The summed E-state index contributed by atoms with van der Waals surface area (Å²) in [6.07, 6.45) is 2.69. The summed E-state index contributed by atoms with van der Waals surface area (Å²) >= 11 is 0. The Labute approximate surface area is 153 Å². The normalized spacial score (nSPS) is 17.2. The van der Waals surface area contributed by atoms with E-state index in [1.807, 2.05) is 31.3 Å². The molecule has 0 spiro atoms. The van der Waals surface area contributed by atoms with Crippen molar-refractivity contribution in [3.8, 4) is 5.75 Å². The minimum absolute atomic E-state index is 0.229. The summed E-state index contributed by atoms with van der Waals surface area (Å²) in [6.45, 7) is 0. The molecule has 4 rings (SSSR count). The molecule has 136 valence electrons. The van der Waals surface area contributed by atoms with Gasteiger partial charge in [-0.2, -0.15) is 0 Å². The number of nitrogens with zero attached hydrogens (tertiary/aromatic N) is 1. The Morgan fingerprint density at radius 3 is 2.65 bits per heavy atom. The second kappa shape index (κ2) is 6.45.